The maximum Gasteiger partial charge on any atom is 0.221 e. The van der Waals surface area contributed by atoms with Gasteiger partial charge in [-0.3, -0.25) is 4.79 Å². The van der Waals surface area contributed by atoms with Gasteiger partial charge in [-0.25, -0.2) is 8.42 Å². The summed E-state index contributed by atoms with van der Waals surface area (Å²) in [5.74, 6) is 1.88. The Kier molecular flexibility index (Phi) is 3.53. The van der Waals surface area contributed by atoms with E-state index in [1.165, 1.54) is 32.1 Å². The molecule has 1 aliphatic heterocycles. The van der Waals surface area contributed by atoms with Gasteiger partial charge in [-0.15, -0.1) is 0 Å². The average Bonchev–Trinajstić information content (AvgIpc) is 2.58. The fourth-order valence-corrected chi connectivity index (χ4v) is 9.98. The quantitative estimate of drug-likeness (QED) is 0.736. The van der Waals surface area contributed by atoms with Gasteiger partial charge in [-0.2, -0.15) is 0 Å². The van der Waals surface area contributed by atoms with Crippen LogP contribution in [-0.2, 0) is 14.6 Å². The second-order valence-electron chi connectivity index (χ2n) is 9.24. The Morgan fingerprint density at radius 3 is 2.39 bits per heavy atom. The Hall–Kier alpha value is -0.100. The number of carbonyl (C=O) groups excluding carboxylic acids is 1. The number of hydrogen-bond acceptors (Lipinski definition) is 3. The molecule has 3 atom stereocenters. The Balaban J connectivity index is 1.45. The first-order chi connectivity index (χ1) is 10.6. The second kappa shape index (κ2) is 4.96. The van der Waals surface area contributed by atoms with Crippen LogP contribution in [0.1, 0.15) is 58.3 Å². The van der Waals surface area contributed by atoms with Crippen LogP contribution in [0.25, 0.3) is 0 Å². The third kappa shape index (κ3) is 3.10. The van der Waals surface area contributed by atoms with Crippen molar-refractivity contribution in [3.63, 3.8) is 0 Å². The van der Waals surface area contributed by atoms with E-state index in [-0.39, 0.29) is 27.2 Å². The van der Waals surface area contributed by atoms with E-state index in [9.17, 15) is 13.2 Å². The smallest absolute Gasteiger partial charge is 0.221 e. The Bertz CT molecular complexity index is 632. The van der Waals surface area contributed by atoms with Crippen LogP contribution in [0.2, 0.25) is 0 Å². The van der Waals surface area contributed by atoms with Crippen molar-refractivity contribution in [3.8, 4) is 0 Å². The summed E-state index contributed by atoms with van der Waals surface area (Å²) < 4.78 is 23.7. The number of halogens is 1. The standard InChI is InChI=1S/C17H26BrNO3S/c1-15(2-3-23(21,22)11-15)19-14(20)9-16-5-12-4-13(6-16)8-17(18,7-12)10-16/h12-13H,2-11H2,1H3,(H,19,20). The molecule has 1 amide bonds. The van der Waals surface area contributed by atoms with Gasteiger partial charge in [0, 0.05) is 10.7 Å². The van der Waals surface area contributed by atoms with E-state index in [0.717, 1.165) is 18.3 Å². The third-order valence-electron chi connectivity index (χ3n) is 6.59. The van der Waals surface area contributed by atoms with Gasteiger partial charge in [0.25, 0.3) is 0 Å². The van der Waals surface area contributed by atoms with E-state index in [1.54, 1.807) is 0 Å². The normalized spacial score (nSPS) is 50.2. The van der Waals surface area contributed by atoms with Crippen LogP contribution < -0.4 is 5.32 Å². The molecule has 4 bridgehead atoms. The Morgan fingerprint density at radius 1 is 1.22 bits per heavy atom. The molecule has 4 saturated carbocycles. The van der Waals surface area contributed by atoms with E-state index in [2.05, 4.69) is 21.2 Å². The van der Waals surface area contributed by atoms with Crippen molar-refractivity contribution in [1.29, 1.82) is 0 Å². The summed E-state index contributed by atoms with van der Waals surface area (Å²) in [7, 11) is -2.98. The number of alkyl halides is 1. The molecule has 4 nitrogen and oxygen atoms in total. The number of amides is 1. The Morgan fingerprint density at radius 2 is 1.87 bits per heavy atom. The maximum absolute atomic E-state index is 12.7. The molecule has 1 saturated heterocycles. The van der Waals surface area contributed by atoms with Crippen LogP contribution in [-0.4, -0.2) is 35.7 Å². The van der Waals surface area contributed by atoms with Gasteiger partial charge in [0.2, 0.25) is 5.91 Å². The van der Waals surface area contributed by atoms with Gasteiger partial charge in [0.05, 0.1) is 17.0 Å². The molecule has 4 aliphatic carbocycles. The molecule has 0 radical (unpaired) electrons. The van der Waals surface area contributed by atoms with Crippen molar-refractivity contribution in [2.24, 2.45) is 17.3 Å². The SMILES string of the molecule is CC1(NC(=O)CC23CC4CC(CC(Br)(C4)C2)C3)CCS(=O)(=O)C1. The average molecular weight is 404 g/mol. The van der Waals surface area contributed by atoms with Crippen molar-refractivity contribution >= 4 is 31.7 Å². The van der Waals surface area contributed by atoms with E-state index < -0.39 is 15.4 Å². The molecule has 5 fully saturated rings. The molecule has 23 heavy (non-hydrogen) atoms. The van der Waals surface area contributed by atoms with Crippen molar-refractivity contribution in [2.75, 3.05) is 11.5 Å². The topological polar surface area (TPSA) is 63.2 Å². The molecule has 1 N–H and O–H groups in total. The molecule has 0 aromatic heterocycles. The minimum Gasteiger partial charge on any atom is -0.350 e. The lowest BCUT2D eigenvalue weighted by Crippen LogP contribution is -2.55. The lowest BCUT2D eigenvalue weighted by molar-refractivity contribution is -0.129. The predicted molar refractivity (Wildman–Crippen MR) is 93.2 cm³/mol. The summed E-state index contributed by atoms with van der Waals surface area (Å²) in [6, 6.07) is 0. The summed E-state index contributed by atoms with van der Waals surface area (Å²) in [6.07, 6.45) is 8.46. The maximum atomic E-state index is 12.7. The first-order valence-electron chi connectivity index (χ1n) is 8.79. The van der Waals surface area contributed by atoms with E-state index >= 15 is 0 Å². The van der Waals surface area contributed by atoms with Crippen LogP contribution in [0, 0.1) is 17.3 Å². The minimum absolute atomic E-state index is 0.0580. The zero-order valence-corrected chi connectivity index (χ0v) is 16.1. The number of carbonyl (C=O) groups is 1. The van der Waals surface area contributed by atoms with E-state index in [1.807, 2.05) is 6.92 Å². The molecule has 1 heterocycles. The summed E-state index contributed by atoms with van der Waals surface area (Å²) in [5, 5.41) is 3.06. The molecule has 0 spiro atoms. The van der Waals surface area contributed by atoms with Crippen LogP contribution in [0.15, 0.2) is 0 Å². The molecule has 3 unspecified atom stereocenters. The lowest BCUT2D eigenvalue weighted by Gasteiger charge is -2.60. The highest BCUT2D eigenvalue weighted by molar-refractivity contribution is 9.10. The molecule has 6 heteroatoms. The zero-order valence-electron chi connectivity index (χ0n) is 13.7. The summed E-state index contributed by atoms with van der Waals surface area (Å²) in [5.41, 5.74) is -0.421. The molecule has 130 valence electrons. The Labute approximate surface area is 147 Å². The number of rotatable bonds is 3. The monoisotopic (exact) mass is 403 g/mol. The van der Waals surface area contributed by atoms with Gasteiger partial charge in [0.15, 0.2) is 9.84 Å². The van der Waals surface area contributed by atoms with Crippen molar-refractivity contribution in [2.45, 2.75) is 68.2 Å². The number of sulfone groups is 1. The third-order valence-corrected chi connectivity index (χ3v) is 9.42. The van der Waals surface area contributed by atoms with Crippen molar-refractivity contribution in [3.05, 3.63) is 0 Å². The highest BCUT2D eigenvalue weighted by Gasteiger charge is 2.57. The number of nitrogens with one attached hydrogen (secondary N) is 1. The summed E-state index contributed by atoms with van der Waals surface area (Å²) in [4.78, 5) is 12.7. The van der Waals surface area contributed by atoms with Gasteiger partial charge in [-0.05, 0) is 69.1 Å². The van der Waals surface area contributed by atoms with E-state index in [4.69, 9.17) is 0 Å². The molecule has 0 aromatic rings. The van der Waals surface area contributed by atoms with E-state index in [0.29, 0.717) is 12.8 Å². The predicted octanol–water partition coefficient (Wildman–Crippen LogP) is 2.80. The summed E-state index contributed by atoms with van der Waals surface area (Å²) >= 11 is 3.99. The van der Waals surface area contributed by atoms with Crippen LogP contribution in [0.5, 0.6) is 0 Å². The van der Waals surface area contributed by atoms with Crippen molar-refractivity contribution in [1.82, 2.24) is 5.32 Å². The lowest BCUT2D eigenvalue weighted by atomic mass is 9.48. The highest BCUT2D eigenvalue weighted by atomic mass is 79.9. The molecular formula is C17H26BrNO3S. The molecule has 5 aliphatic rings. The van der Waals surface area contributed by atoms with Gasteiger partial charge in [0.1, 0.15) is 0 Å². The second-order valence-corrected chi connectivity index (χ2v) is 13.1. The fraction of sp³-hybridized carbons (Fsp3) is 0.941. The van der Waals surface area contributed by atoms with Gasteiger partial charge >= 0.3 is 0 Å². The van der Waals surface area contributed by atoms with Crippen LogP contribution in [0.3, 0.4) is 0 Å². The fourth-order valence-electron chi connectivity index (χ4n) is 6.37. The zero-order chi connectivity index (χ0) is 16.5. The molecule has 5 rings (SSSR count). The largest absolute Gasteiger partial charge is 0.350 e. The summed E-state index contributed by atoms with van der Waals surface area (Å²) in [6.45, 7) is 1.88. The van der Waals surface area contributed by atoms with Gasteiger partial charge in [-0.1, -0.05) is 15.9 Å². The molecule has 0 aromatic carbocycles. The highest BCUT2D eigenvalue weighted by Crippen LogP contribution is 2.65. The number of hydrogen-bond donors (Lipinski definition) is 1. The van der Waals surface area contributed by atoms with Crippen molar-refractivity contribution < 1.29 is 13.2 Å². The van der Waals surface area contributed by atoms with Crippen LogP contribution >= 0.6 is 15.9 Å². The first-order valence-corrected chi connectivity index (χ1v) is 11.4. The first kappa shape index (κ1) is 16.4. The minimum atomic E-state index is -2.98. The molecular weight excluding hydrogens is 378 g/mol. The van der Waals surface area contributed by atoms with Gasteiger partial charge < -0.3 is 5.32 Å². The van der Waals surface area contributed by atoms with Crippen LogP contribution in [0.4, 0.5) is 0 Å².